The van der Waals surface area contributed by atoms with Gasteiger partial charge in [0.25, 0.3) is 10.0 Å². The molecular formula is C19H22N2O2S. The zero-order chi connectivity index (χ0) is 16.6. The van der Waals surface area contributed by atoms with Crippen LogP contribution in [0.4, 0.5) is 5.69 Å². The van der Waals surface area contributed by atoms with Crippen molar-refractivity contribution in [1.82, 2.24) is 5.32 Å². The number of hydrogen-bond donors (Lipinski definition) is 1. The van der Waals surface area contributed by atoms with Gasteiger partial charge in [0.15, 0.2) is 0 Å². The second-order valence-electron chi connectivity index (χ2n) is 6.51. The van der Waals surface area contributed by atoms with E-state index in [0.29, 0.717) is 17.4 Å². The van der Waals surface area contributed by atoms with E-state index < -0.39 is 10.0 Å². The summed E-state index contributed by atoms with van der Waals surface area (Å²) in [4.78, 5) is 0.366. The van der Waals surface area contributed by atoms with E-state index in [9.17, 15) is 8.42 Å². The van der Waals surface area contributed by atoms with E-state index in [2.05, 4.69) is 11.4 Å². The smallest absolute Gasteiger partial charge is 0.264 e. The molecule has 0 amide bonds. The summed E-state index contributed by atoms with van der Waals surface area (Å²) in [5, 5.41) is 3.40. The molecule has 24 heavy (non-hydrogen) atoms. The van der Waals surface area contributed by atoms with Gasteiger partial charge in [0.1, 0.15) is 0 Å². The number of hydrogen-bond acceptors (Lipinski definition) is 3. The summed E-state index contributed by atoms with van der Waals surface area (Å²) in [7, 11) is -3.48. The molecule has 1 N–H and O–H groups in total. The Labute approximate surface area is 143 Å². The molecule has 0 radical (unpaired) electrons. The van der Waals surface area contributed by atoms with Crippen molar-refractivity contribution in [2.75, 3.05) is 23.9 Å². The maximum Gasteiger partial charge on any atom is 0.264 e. The lowest BCUT2D eigenvalue weighted by Crippen LogP contribution is -2.29. The van der Waals surface area contributed by atoms with Crippen LogP contribution < -0.4 is 9.62 Å². The Morgan fingerprint density at radius 3 is 2.46 bits per heavy atom. The zero-order valence-corrected chi connectivity index (χ0v) is 14.4. The van der Waals surface area contributed by atoms with Crippen molar-refractivity contribution in [3.63, 3.8) is 0 Å². The van der Waals surface area contributed by atoms with Gasteiger partial charge in [-0.05, 0) is 67.6 Å². The quantitative estimate of drug-likeness (QED) is 0.933. The summed E-state index contributed by atoms with van der Waals surface area (Å²) in [6.07, 6.45) is 3.06. The first-order valence-corrected chi connectivity index (χ1v) is 10.0. The van der Waals surface area contributed by atoms with Crippen molar-refractivity contribution in [2.24, 2.45) is 0 Å². The maximum atomic E-state index is 13.0. The highest BCUT2D eigenvalue weighted by molar-refractivity contribution is 7.92. The van der Waals surface area contributed by atoms with E-state index in [1.54, 1.807) is 28.6 Å². The lowest BCUT2D eigenvalue weighted by molar-refractivity contribution is 0.459. The molecule has 0 aliphatic carbocycles. The van der Waals surface area contributed by atoms with Gasteiger partial charge in [-0.15, -0.1) is 0 Å². The molecule has 126 valence electrons. The van der Waals surface area contributed by atoms with Gasteiger partial charge in [-0.2, -0.15) is 0 Å². The zero-order valence-electron chi connectivity index (χ0n) is 13.6. The van der Waals surface area contributed by atoms with Gasteiger partial charge in [0.05, 0.1) is 10.6 Å². The molecule has 4 rings (SSSR count). The van der Waals surface area contributed by atoms with E-state index in [4.69, 9.17) is 0 Å². The predicted molar refractivity (Wildman–Crippen MR) is 96.0 cm³/mol. The van der Waals surface area contributed by atoms with Gasteiger partial charge in [-0.25, -0.2) is 8.42 Å². The van der Waals surface area contributed by atoms with Crippen LogP contribution in [0.25, 0.3) is 0 Å². The molecule has 1 fully saturated rings. The summed E-state index contributed by atoms with van der Waals surface area (Å²) < 4.78 is 27.6. The number of anilines is 1. The predicted octanol–water partition coefficient (Wildman–Crippen LogP) is 2.91. The number of sulfonamides is 1. The fourth-order valence-electron chi connectivity index (χ4n) is 3.92. The van der Waals surface area contributed by atoms with Crippen LogP contribution in [0.5, 0.6) is 0 Å². The summed E-state index contributed by atoms with van der Waals surface area (Å²) in [6, 6.07) is 14.9. The minimum absolute atomic E-state index is 0.366. The van der Waals surface area contributed by atoms with Crippen LogP contribution in [0.15, 0.2) is 53.4 Å². The minimum atomic E-state index is -3.48. The first-order chi connectivity index (χ1) is 11.7. The van der Waals surface area contributed by atoms with Crippen molar-refractivity contribution in [3.05, 3.63) is 59.7 Å². The molecule has 0 unspecified atom stereocenters. The lowest BCUT2D eigenvalue weighted by atomic mass is 9.86. The van der Waals surface area contributed by atoms with Crippen LogP contribution in [0, 0.1) is 0 Å². The molecule has 0 saturated carbocycles. The second kappa shape index (κ2) is 6.22. The molecule has 0 aromatic heterocycles. The third-order valence-electron chi connectivity index (χ3n) is 5.13. The molecule has 2 aromatic carbocycles. The highest BCUT2D eigenvalue weighted by Gasteiger charge is 2.33. The largest absolute Gasteiger partial charge is 0.317 e. The highest BCUT2D eigenvalue weighted by atomic mass is 32.2. The molecule has 1 saturated heterocycles. The Morgan fingerprint density at radius 1 is 0.958 bits per heavy atom. The number of nitrogens with zero attached hydrogens (tertiary/aromatic N) is 1. The Morgan fingerprint density at radius 2 is 1.71 bits per heavy atom. The van der Waals surface area contributed by atoms with Crippen LogP contribution in [0.3, 0.4) is 0 Å². The minimum Gasteiger partial charge on any atom is -0.317 e. The van der Waals surface area contributed by atoms with E-state index in [1.807, 2.05) is 18.2 Å². The molecule has 2 aromatic rings. The molecule has 0 atom stereocenters. The lowest BCUT2D eigenvalue weighted by Gasteiger charge is -2.25. The fourth-order valence-corrected chi connectivity index (χ4v) is 5.43. The van der Waals surface area contributed by atoms with Crippen LogP contribution in [-0.2, 0) is 16.4 Å². The molecule has 4 nitrogen and oxygen atoms in total. The van der Waals surface area contributed by atoms with E-state index >= 15 is 0 Å². The molecular weight excluding hydrogens is 320 g/mol. The Bertz CT molecular complexity index is 828. The Hall–Kier alpha value is -1.85. The van der Waals surface area contributed by atoms with Gasteiger partial charge in [0, 0.05) is 6.54 Å². The third kappa shape index (κ3) is 2.62. The summed E-state index contributed by atoms with van der Waals surface area (Å²) >= 11 is 0. The Kier molecular flexibility index (Phi) is 4.06. The topological polar surface area (TPSA) is 49.4 Å². The van der Waals surface area contributed by atoms with Gasteiger partial charge < -0.3 is 5.32 Å². The molecule has 5 heteroatoms. The molecule has 2 aliphatic heterocycles. The average Bonchev–Trinajstić information content (AvgIpc) is 3.08. The first kappa shape index (κ1) is 15.7. The standard InChI is InChI=1S/C19H22N2O2S/c22-24(23,16-5-2-1-3-6-16)21-14-11-18-17(7-4-8-19(18)21)15-9-12-20-13-10-15/h1-8,15,20H,9-14H2. The van der Waals surface area contributed by atoms with Crippen molar-refractivity contribution in [3.8, 4) is 0 Å². The number of benzene rings is 2. The van der Waals surface area contributed by atoms with Crippen molar-refractivity contribution in [2.45, 2.75) is 30.1 Å². The monoisotopic (exact) mass is 342 g/mol. The summed E-state index contributed by atoms with van der Waals surface area (Å²) in [5.41, 5.74) is 3.44. The van der Waals surface area contributed by atoms with E-state index in [0.717, 1.165) is 38.0 Å². The van der Waals surface area contributed by atoms with Crippen molar-refractivity contribution < 1.29 is 8.42 Å². The third-order valence-corrected chi connectivity index (χ3v) is 6.96. The van der Waals surface area contributed by atoms with Gasteiger partial charge >= 0.3 is 0 Å². The molecule has 0 spiro atoms. The van der Waals surface area contributed by atoms with E-state index in [1.165, 1.54) is 11.1 Å². The normalized spacial score (nSPS) is 18.6. The maximum absolute atomic E-state index is 13.0. The fraction of sp³-hybridized carbons (Fsp3) is 0.368. The number of rotatable bonds is 3. The number of nitrogens with one attached hydrogen (secondary N) is 1. The van der Waals surface area contributed by atoms with Gasteiger partial charge in [-0.3, -0.25) is 4.31 Å². The van der Waals surface area contributed by atoms with Gasteiger partial charge in [-0.1, -0.05) is 30.3 Å². The van der Waals surface area contributed by atoms with Crippen molar-refractivity contribution in [1.29, 1.82) is 0 Å². The number of piperidine rings is 1. The summed E-state index contributed by atoms with van der Waals surface area (Å²) in [5.74, 6) is 0.542. The van der Waals surface area contributed by atoms with E-state index in [-0.39, 0.29) is 0 Å². The average molecular weight is 342 g/mol. The van der Waals surface area contributed by atoms with Crippen LogP contribution >= 0.6 is 0 Å². The SMILES string of the molecule is O=S(=O)(c1ccccc1)N1CCc2c(C3CCNCC3)cccc21. The second-order valence-corrected chi connectivity index (χ2v) is 8.37. The van der Waals surface area contributed by atoms with Crippen LogP contribution in [0.1, 0.15) is 29.9 Å². The van der Waals surface area contributed by atoms with Crippen molar-refractivity contribution >= 4 is 15.7 Å². The Balaban J connectivity index is 1.72. The molecule has 2 heterocycles. The first-order valence-electron chi connectivity index (χ1n) is 8.58. The van der Waals surface area contributed by atoms with Crippen LogP contribution in [-0.4, -0.2) is 28.1 Å². The molecule has 2 aliphatic rings. The summed E-state index contributed by atoms with van der Waals surface area (Å²) in [6.45, 7) is 2.62. The van der Waals surface area contributed by atoms with Crippen LogP contribution in [0.2, 0.25) is 0 Å². The highest BCUT2D eigenvalue weighted by Crippen LogP contribution is 2.39. The molecule has 0 bridgehead atoms. The number of fused-ring (bicyclic) bond motifs is 1. The van der Waals surface area contributed by atoms with Gasteiger partial charge in [0.2, 0.25) is 0 Å².